The van der Waals surface area contributed by atoms with Gasteiger partial charge in [-0.25, -0.2) is 0 Å². The standard InChI is InChI=1S/C10H17NO2/c1-3-4-9-6-5-8(2)11(9)10(13)7-12/h3,8-9,12H,1,4-7H2,2H3/t8-,9?/m1/s1. The molecular weight excluding hydrogens is 166 g/mol. The maximum atomic E-state index is 11.4. The lowest BCUT2D eigenvalue weighted by molar-refractivity contribution is -0.136. The predicted molar refractivity (Wildman–Crippen MR) is 51.2 cm³/mol. The third kappa shape index (κ3) is 2.10. The van der Waals surface area contributed by atoms with Crippen molar-refractivity contribution in [3.8, 4) is 0 Å². The van der Waals surface area contributed by atoms with Crippen molar-refractivity contribution in [2.24, 2.45) is 0 Å². The maximum absolute atomic E-state index is 11.4. The van der Waals surface area contributed by atoms with Gasteiger partial charge in [-0.3, -0.25) is 4.79 Å². The Labute approximate surface area is 79.0 Å². The van der Waals surface area contributed by atoms with Gasteiger partial charge in [-0.2, -0.15) is 0 Å². The molecule has 74 valence electrons. The van der Waals surface area contributed by atoms with E-state index < -0.39 is 0 Å². The average Bonchev–Trinajstić information content (AvgIpc) is 2.47. The number of hydrogen-bond acceptors (Lipinski definition) is 2. The molecule has 0 bridgehead atoms. The third-order valence-corrected chi connectivity index (χ3v) is 2.65. The van der Waals surface area contributed by atoms with Crippen LogP contribution in [0.1, 0.15) is 26.2 Å². The second kappa shape index (κ2) is 4.42. The summed E-state index contributed by atoms with van der Waals surface area (Å²) in [5.74, 6) is -0.156. The molecule has 0 saturated carbocycles. The smallest absolute Gasteiger partial charge is 0.248 e. The molecule has 1 N–H and O–H groups in total. The van der Waals surface area contributed by atoms with Crippen LogP contribution in [0.4, 0.5) is 0 Å². The highest BCUT2D eigenvalue weighted by atomic mass is 16.3. The summed E-state index contributed by atoms with van der Waals surface area (Å²) >= 11 is 0. The van der Waals surface area contributed by atoms with Crippen molar-refractivity contribution in [1.82, 2.24) is 4.90 Å². The first-order chi connectivity index (χ1) is 6.20. The van der Waals surface area contributed by atoms with Crippen LogP contribution in [0.2, 0.25) is 0 Å². The fourth-order valence-electron chi connectivity index (χ4n) is 2.03. The third-order valence-electron chi connectivity index (χ3n) is 2.65. The fourth-order valence-corrected chi connectivity index (χ4v) is 2.03. The van der Waals surface area contributed by atoms with E-state index in [2.05, 4.69) is 6.58 Å². The molecule has 1 aliphatic heterocycles. The number of aliphatic hydroxyl groups is 1. The van der Waals surface area contributed by atoms with Crippen LogP contribution in [0.25, 0.3) is 0 Å². The number of nitrogens with zero attached hydrogens (tertiary/aromatic N) is 1. The first-order valence-electron chi connectivity index (χ1n) is 4.73. The summed E-state index contributed by atoms with van der Waals surface area (Å²) < 4.78 is 0. The Kier molecular flexibility index (Phi) is 3.48. The number of hydrogen-bond donors (Lipinski definition) is 1. The molecule has 1 unspecified atom stereocenters. The van der Waals surface area contributed by atoms with Gasteiger partial charge in [0, 0.05) is 12.1 Å². The average molecular weight is 183 g/mol. The molecule has 1 heterocycles. The molecule has 1 rings (SSSR count). The number of carbonyl (C=O) groups excluding carboxylic acids is 1. The van der Waals surface area contributed by atoms with E-state index >= 15 is 0 Å². The Morgan fingerprint density at radius 1 is 1.69 bits per heavy atom. The molecule has 2 atom stereocenters. The van der Waals surface area contributed by atoms with Gasteiger partial charge in [0.1, 0.15) is 6.61 Å². The van der Waals surface area contributed by atoms with Crippen LogP contribution in [-0.2, 0) is 4.79 Å². The van der Waals surface area contributed by atoms with Gasteiger partial charge >= 0.3 is 0 Å². The van der Waals surface area contributed by atoms with E-state index in [1.165, 1.54) is 0 Å². The summed E-state index contributed by atoms with van der Waals surface area (Å²) in [5.41, 5.74) is 0. The lowest BCUT2D eigenvalue weighted by atomic mass is 10.1. The van der Waals surface area contributed by atoms with Crippen molar-refractivity contribution in [1.29, 1.82) is 0 Å². The molecule has 13 heavy (non-hydrogen) atoms. The molecule has 0 aromatic carbocycles. The molecule has 1 aliphatic rings. The Morgan fingerprint density at radius 2 is 2.38 bits per heavy atom. The highest BCUT2D eigenvalue weighted by Crippen LogP contribution is 2.26. The Balaban J connectivity index is 2.64. The topological polar surface area (TPSA) is 40.5 Å². The Hall–Kier alpha value is -0.830. The van der Waals surface area contributed by atoms with Crippen LogP contribution in [-0.4, -0.2) is 34.6 Å². The summed E-state index contributed by atoms with van der Waals surface area (Å²) in [6.07, 6.45) is 4.72. The Morgan fingerprint density at radius 3 is 2.92 bits per heavy atom. The molecule has 1 amide bonds. The van der Waals surface area contributed by atoms with Crippen molar-refractivity contribution in [3.05, 3.63) is 12.7 Å². The number of aliphatic hydroxyl groups excluding tert-OH is 1. The van der Waals surface area contributed by atoms with Crippen LogP contribution in [0.15, 0.2) is 12.7 Å². The van der Waals surface area contributed by atoms with Gasteiger partial charge < -0.3 is 10.0 Å². The van der Waals surface area contributed by atoms with Crippen molar-refractivity contribution in [3.63, 3.8) is 0 Å². The number of likely N-dealkylation sites (tertiary alicyclic amines) is 1. The fraction of sp³-hybridized carbons (Fsp3) is 0.700. The molecular formula is C10H17NO2. The zero-order valence-corrected chi connectivity index (χ0v) is 8.07. The van der Waals surface area contributed by atoms with Gasteiger partial charge in [0.2, 0.25) is 5.91 Å². The van der Waals surface area contributed by atoms with Crippen LogP contribution in [0.3, 0.4) is 0 Å². The monoisotopic (exact) mass is 183 g/mol. The van der Waals surface area contributed by atoms with E-state index in [-0.39, 0.29) is 24.6 Å². The normalized spacial score (nSPS) is 27.7. The first-order valence-corrected chi connectivity index (χ1v) is 4.73. The molecule has 0 aliphatic carbocycles. The molecule has 0 aromatic rings. The predicted octanol–water partition coefficient (Wildman–Crippen LogP) is 0.934. The minimum Gasteiger partial charge on any atom is -0.387 e. The lowest BCUT2D eigenvalue weighted by Gasteiger charge is -2.27. The second-order valence-electron chi connectivity index (χ2n) is 3.56. The van der Waals surface area contributed by atoms with E-state index in [4.69, 9.17) is 5.11 Å². The zero-order valence-electron chi connectivity index (χ0n) is 8.07. The Bertz CT molecular complexity index is 203. The molecule has 3 nitrogen and oxygen atoms in total. The lowest BCUT2D eigenvalue weighted by Crippen LogP contribution is -2.41. The highest BCUT2D eigenvalue weighted by molar-refractivity contribution is 5.78. The summed E-state index contributed by atoms with van der Waals surface area (Å²) in [6.45, 7) is 5.32. The van der Waals surface area contributed by atoms with E-state index in [0.717, 1.165) is 19.3 Å². The minimum absolute atomic E-state index is 0.156. The molecule has 0 spiro atoms. The van der Waals surface area contributed by atoms with Crippen molar-refractivity contribution >= 4 is 5.91 Å². The van der Waals surface area contributed by atoms with E-state index in [9.17, 15) is 4.79 Å². The van der Waals surface area contributed by atoms with Crippen molar-refractivity contribution in [2.75, 3.05) is 6.61 Å². The minimum atomic E-state index is -0.377. The summed E-state index contributed by atoms with van der Waals surface area (Å²) in [5, 5.41) is 8.78. The maximum Gasteiger partial charge on any atom is 0.248 e. The van der Waals surface area contributed by atoms with Gasteiger partial charge in [-0.05, 0) is 26.2 Å². The van der Waals surface area contributed by atoms with Crippen LogP contribution in [0, 0.1) is 0 Å². The van der Waals surface area contributed by atoms with Crippen LogP contribution < -0.4 is 0 Å². The first kappa shape index (κ1) is 10.3. The van der Waals surface area contributed by atoms with Gasteiger partial charge in [-0.1, -0.05) is 6.08 Å². The number of rotatable bonds is 3. The number of amides is 1. The molecule has 0 aromatic heterocycles. The van der Waals surface area contributed by atoms with E-state index in [0.29, 0.717) is 0 Å². The molecule has 1 saturated heterocycles. The SMILES string of the molecule is C=CCC1CC[C@@H](C)N1C(=O)CO. The van der Waals surface area contributed by atoms with Gasteiger partial charge in [-0.15, -0.1) is 6.58 Å². The second-order valence-corrected chi connectivity index (χ2v) is 3.56. The van der Waals surface area contributed by atoms with Crippen molar-refractivity contribution < 1.29 is 9.90 Å². The highest BCUT2D eigenvalue weighted by Gasteiger charge is 2.32. The molecule has 0 radical (unpaired) electrons. The van der Waals surface area contributed by atoms with Crippen LogP contribution in [0.5, 0.6) is 0 Å². The van der Waals surface area contributed by atoms with Gasteiger partial charge in [0.05, 0.1) is 0 Å². The zero-order chi connectivity index (χ0) is 9.84. The molecule has 3 heteroatoms. The van der Waals surface area contributed by atoms with Crippen LogP contribution >= 0.6 is 0 Å². The number of carbonyl (C=O) groups is 1. The van der Waals surface area contributed by atoms with E-state index in [1.54, 1.807) is 4.90 Å². The van der Waals surface area contributed by atoms with Gasteiger partial charge in [0.25, 0.3) is 0 Å². The largest absolute Gasteiger partial charge is 0.387 e. The van der Waals surface area contributed by atoms with Gasteiger partial charge in [0.15, 0.2) is 0 Å². The van der Waals surface area contributed by atoms with E-state index in [1.807, 2.05) is 13.0 Å². The summed E-state index contributed by atoms with van der Waals surface area (Å²) in [6, 6.07) is 0.525. The summed E-state index contributed by atoms with van der Waals surface area (Å²) in [4.78, 5) is 13.1. The summed E-state index contributed by atoms with van der Waals surface area (Å²) in [7, 11) is 0. The quantitative estimate of drug-likeness (QED) is 0.661. The van der Waals surface area contributed by atoms with Crippen molar-refractivity contribution in [2.45, 2.75) is 38.3 Å². The molecule has 1 fully saturated rings.